The minimum atomic E-state index is -0.0890. The van der Waals surface area contributed by atoms with Gasteiger partial charge in [-0.2, -0.15) is 0 Å². The van der Waals surface area contributed by atoms with Crippen molar-refractivity contribution in [1.29, 1.82) is 0 Å². The summed E-state index contributed by atoms with van der Waals surface area (Å²) < 4.78 is 0. The van der Waals surface area contributed by atoms with E-state index in [1.165, 1.54) is 0 Å². The third-order valence-corrected chi connectivity index (χ3v) is 5.83. The molecular weight excluding hydrogens is 292 g/mol. The first-order chi connectivity index (χ1) is 11.0. The van der Waals surface area contributed by atoms with Crippen molar-refractivity contribution in [2.45, 2.75) is 46.0 Å². The average molecular weight is 324 g/mol. The number of hydrogen-bond donors (Lipinski definition) is 3. The third kappa shape index (κ3) is 3.97. The van der Waals surface area contributed by atoms with Gasteiger partial charge in [-0.15, -0.1) is 0 Å². The minimum Gasteiger partial charge on any atom is -0.396 e. The van der Waals surface area contributed by atoms with Crippen LogP contribution in [0.4, 0.5) is 0 Å². The fraction of sp³-hybridized carbons (Fsp3) is 0.882. The molecule has 2 heterocycles. The van der Waals surface area contributed by atoms with E-state index in [2.05, 4.69) is 34.4 Å². The summed E-state index contributed by atoms with van der Waals surface area (Å²) >= 11 is 0. The van der Waals surface area contributed by atoms with Crippen LogP contribution in [-0.2, 0) is 4.79 Å². The molecule has 2 fully saturated rings. The SMILES string of the molecule is CCC(CC)(CO)CNC(=NC)N1CCCC2(CNC(=O)C2)C1. The normalized spacial score (nSPS) is 25.8. The zero-order valence-electron chi connectivity index (χ0n) is 14.8. The number of nitrogens with zero attached hydrogens (tertiary/aromatic N) is 2. The Bertz CT molecular complexity index is 440. The molecule has 6 heteroatoms. The highest BCUT2D eigenvalue weighted by Crippen LogP contribution is 2.36. The summed E-state index contributed by atoms with van der Waals surface area (Å²) in [4.78, 5) is 18.3. The molecule has 1 atom stereocenters. The highest BCUT2D eigenvalue weighted by atomic mass is 16.3. The Morgan fingerprint density at radius 2 is 2.22 bits per heavy atom. The van der Waals surface area contributed by atoms with Crippen molar-refractivity contribution in [2.24, 2.45) is 15.8 Å². The molecule has 0 radical (unpaired) electrons. The Labute approximate surface area is 139 Å². The van der Waals surface area contributed by atoms with Gasteiger partial charge in [0.15, 0.2) is 5.96 Å². The molecule has 2 saturated heterocycles. The van der Waals surface area contributed by atoms with E-state index in [1.807, 2.05) is 0 Å². The van der Waals surface area contributed by atoms with Gasteiger partial charge in [0.25, 0.3) is 0 Å². The van der Waals surface area contributed by atoms with Gasteiger partial charge in [0.1, 0.15) is 0 Å². The maximum atomic E-state index is 11.6. The monoisotopic (exact) mass is 324 g/mol. The maximum absolute atomic E-state index is 11.6. The second-order valence-corrected chi connectivity index (χ2v) is 7.24. The molecule has 2 aliphatic rings. The fourth-order valence-corrected chi connectivity index (χ4v) is 3.81. The number of nitrogens with one attached hydrogen (secondary N) is 2. The molecule has 132 valence electrons. The van der Waals surface area contributed by atoms with Gasteiger partial charge in [0, 0.05) is 50.5 Å². The quantitative estimate of drug-likeness (QED) is 0.520. The Kier molecular flexibility index (Phi) is 5.89. The van der Waals surface area contributed by atoms with Gasteiger partial charge >= 0.3 is 0 Å². The van der Waals surface area contributed by atoms with E-state index in [0.717, 1.165) is 57.8 Å². The molecule has 0 saturated carbocycles. The smallest absolute Gasteiger partial charge is 0.220 e. The first-order valence-electron chi connectivity index (χ1n) is 8.85. The van der Waals surface area contributed by atoms with E-state index >= 15 is 0 Å². The topological polar surface area (TPSA) is 77.0 Å². The molecule has 3 N–H and O–H groups in total. The number of amides is 1. The number of carbonyl (C=O) groups excluding carboxylic acids is 1. The molecule has 1 spiro atoms. The summed E-state index contributed by atoms with van der Waals surface area (Å²) in [6.07, 6.45) is 4.69. The molecule has 0 aromatic heterocycles. The maximum Gasteiger partial charge on any atom is 0.220 e. The van der Waals surface area contributed by atoms with Crippen LogP contribution in [0.15, 0.2) is 4.99 Å². The van der Waals surface area contributed by atoms with Crippen molar-refractivity contribution in [3.63, 3.8) is 0 Å². The summed E-state index contributed by atoms with van der Waals surface area (Å²) in [6.45, 7) is 7.78. The molecule has 0 aromatic rings. The first-order valence-corrected chi connectivity index (χ1v) is 8.85. The van der Waals surface area contributed by atoms with Gasteiger partial charge in [-0.05, 0) is 25.7 Å². The van der Waals surface area contributed by atoms with Gasteiger partial charge in [-0.3, -0.25) is 9.79 Å². The van der Waals surface area contributed by atoms with Gasteiger partial charge < -0.3 is 20.6 Å². The van der Waals surface area contributed by atoms with Crippen LogP contribution in [-0.4, -0.2) is 61.7 Å². The standard InChI is InChI=1S/C17H32N4O2/c1-4-16(5-2,13-22)10-20-15(18-3)21-8-6-7-17(12-21)9-14(23)19-11-17/h22H,4-13H2,1-3H3,(H,18,20)(H,19,23). The summed E-state index contributed by atoms with van der Waals surface area (Å²) in [6, 6.07) is 0. The van der Waals surface area contributed by atoms with Crippen molar-refractivity contribution in [3.8, 4) is 0 Å². The molecule has 6 nitrogen and oxygen atoms in total. The van der Waals surface area contributed by atoms with E-state index < -0.39 is 0 Å². The summed E-state index contributed by atoms with van der Waals surface area (Å²) in [5, 5.41) is 16.2. The number of carbonyl (C=O) groups is 1. The highest BCUT2D eigenvalue weighted by Gasteiger charge is 2.42. The number of rotatable bonds is 5. The average Bonchev–Trinajstić information content (AvgIpc) is 2.92. The number of piperidine rings is 1. The first kappa shape index (κ1) is 18.0. The number of aliphatic hydroxyl groups excluding tert-OH is 1. The number of likely N-dealkylation sites (tertiary alicyclic amines) is 1. The molecule has 2 aliphatic heterocycles. The lowest BCUT2D eigenvalue weighted by molar-refractivity contribution is -0.119. The van der Waals surface area contributed by atoms with Crippen LogP contribution in [0, 0.1) is 10.8 Å². The van der Waals surface area contributed by atoms with Crippen LogP contribution in [0.3, 0.4) is 0 Å². The minimum absolute atomic E-state index is 0.0660. The van der Waals surface area contributed by atoms with Crippen LogP contribution in [0.5, 0.6) is 0 Å². The molecule has 1 amide bonds. The summed E-state index contributed by atoms with van der Waals surface area (Å²) in [5.74, 6) is 1.06. The van der Waals surface area contributed by atoms with Crippen molar-refractivity contribution < 1.29 is 9.90 Å². The van der Waals surface area contributed by atoms with Gasteiger partial charge in [-0.25, -0.2) is 0 Å². The molecule has 2 rings (SSSR count). The van der Waals surface area contributed by atoms with Crippen LogP contribution in [0.25, 0.3) is 0 Å². The van der Waals surface area contributed by atoms with Crippen LogP contribution in [0.1, 0.15) is 46.0 Å². The zero-order chi connectivity index (χ0) is 16.9. The summed E-state index contributed by atoms with van der Waals surface area (Å²) in [7, 11) is 1.81. The summed E-state index contributed by atoms with van der Waals surface area (Å²) in [5.41, 5.74) is -0.0230. The van der Waals surface area contributed by atoms with Crippen molar-refractivity contribution in [1.82, 2.24) is 15.5 Å². The lowest BCUT2D eigenvalue weighted by atomic mass is 9.79. The molecule has 1 unspecified atom stereocenters. The number of hydrogen-bond acceptors (Lipinski definition) is 3. The molecule has 0 aromatic carbocycles. The molecule has 23 heavy (non-hydrogen) atoms. The lowest BCUT2D eigenvalue weighted by Crippen LogP contribution is -2.53. The van der Waals surface area contributed by atoms with E-state index in [9.17, 15) is 9.90 Å². The Morgan fingerprint density at radius 3 is 2.74 bits per heavy atom. The van der Waals surface area contributed by atoms with E-state index in [4.69, 9.17) is 0 Å². The Morgan fingerprint density at radius 1 is 1.48 bits per heavy atom. The van der Waals surface area contributed by atoms with Crippen LogP contribution in [0.2, 0.25) is 0 Å². The zero-order valence-corrected chi connectivity index (χ0v) is 14.8. The second kappa shape index (κ2) is 7.51. The fourth-order valence-electron chi connectivity index (χ4n) is 3.81. The molecule has 0 aliphatic carbocycles. The van der Waals surface area contributed by atoms with Gasteiger partial charge in [-0.1, -0.05) is 13.8 Å². The van der Waals surface area contributed by atoms with E-state index in [-0.39, 0.29) is 23.3 Å². The van der Waals surface area contributed by atoms with Crippen molar-refractivity contribution in [3.05, 3.63) is 0 Å². The third-order valence-electron chi connectivity index (χ3n) is 5.83. The largest absolute Gasteiger partial charge is 0.396 e. The van der Waals surface area contributed by atoms with Crippen LogP contribution >= 0.6 is 0 Å². The Hall–Kier alpha value is -1.30. The lowest BCUT2D eigenvalue weighted by Gasteiger charge is -2.41. The van der Waals surface area contributed by atoms with Crippen molar-refractivity contribution >= 4 is 11.9 Å². The van der Waals surface area contributed by atoms with Gasteiger partial charge in [0.05, 0.1) is 6.61 Å². The Balaban J connectivity index is 1.99. The number of aliphatic hydroxyl groups is 1. The van der Waals surface area contributed by atoms with Crippen molar-refractivity contribution in [2.75, 3.05) is 39.8 Å². The van der Waals surface area contributed by atoms with Crippen LogP contribution < -0.4 is 10.6 Å². The molecule has 0 bridgehead atoms. The van der Waals surface area contributed by atoms with Gasteiger partial charge in [0.2, 0.25) is 5.91 Å². The predicted octanol–water partition coefficient (Wildman–Crippen LogP) is 0.963. The molecular formula is C17H32N4O2. The van der Waals surface area contributed by atoms with E-state index in [0.29, 0.717) is 6.42 Å². The highest BCUT2D eigenvalue weighted by molar-refractivity contribution is 5.81. The second-order valence-electron chi connectivity index (χ2n) is 7.24. The number of aliphatic imine (C=N–C) groups is 1. The predicted molar refractivity (Wildman–Crippen MR) is 92.3 cm³/mol. The number of guanidine groups is 1. The van der Waals surface area contributed by atoms with E-state index in [1.54, 1.807) is 7.05 Å².